The highest BCUT2D eigenvalue weighted by molar-refractivity contribution is 7.99. The van der Waals surface area contributed by atoms with E-state index in [2.05, 4.69) is 45.3 Å². The fourth-order valence-electron chi connectivity index (χ4n) is 2.77. The molecule has 2 N–H and O–H groups in total. The van der Waals surface area contributed by atoms with Crippen LogP contribution >= 0.6 is 24.2 Å². The second-order valence-electron chi connectivity index (χ2n) is 7.10. The number of hydrogen-bond donors (Lipinski definition) is 2. The van der Waals surface area contributed by atoms with Crippen LogP contribution in [-0.2, 0) is 4.79 Å². The molecular weight excluding hydrogens is 280 g/mol. The summed E-state index contributed by atoms with van der Waals surface area (Å²) in [6.07, 6.45) is 1.58. The molecule has 0 bridgehead atoms. The van der Waals surface area contributed by atoms with Crippen LogP contribution in [0.2, 0.25) is 0 Å². The second-order valence-corrected chi connectivity index (χ2v) is 8.25. The standard InChI is InChI=1S/C14H28N2OS.ClH/c1-13(2,3)10-14(4,5)16-12(17)8-11-9-18-7-6-15-11;/h11,15H,6-10H2,1-5H3,(H,16,17);1H. The highest BCUT2D eigenvalue weighted by Crippen LogP contribution is 2.26. The molecule has 19 heavy (non-hydrogen) atoms. The van der Waals surface area contributed by atoms with E-state index in [9.17, 15) is 4.79 Å². The van der Waals surface area contributed by atoms with Gasteiger partial charge in [-0.3, -0.25) is 4.79 Å². The van der Waals surface area contributed by atoms with Crippen molar-refractivity contribution in [3.63, 3.8) is 0 Å². The van der Waals surface area contributed by atoms with Gasteiger partial charge in [0.2, 0.25) is 5.91 Å². The number of amides is 1. The number of thioether (sulfide) groups is 1. The lowest BCUT2D eigenvalue weighted by Gasteiger charge is -2.34. The lowest BCUT2D eigenvalue weighted by Crippen LogP contribution is -2.48. The van der Waals surface area contributed by atoms with E-state index in [-0.39, 0.29) is 29.3 Å². The quantitative estimate of drug-likeness (QED) is 0.839. The Kier molecular flexibility index (Phi) is 7.78. The van der Waals surface area contributed by atoms with Gasteiger partial charge < -0.3 is 10.6 Å². The van der Waals surface area contributed by atoms with Gasteiger partial charge in [0.15, 0.2) is 0 Å². The highest BCUT2D eigenvalue weighted by atomic mass is 35.5. The molecule has 0 radical (unpaired) electrons. The van der Waals surface area contributed by atoms with Crippen LogP contribution in [0.15, 0.2) is 0 Å². The fraction of sp³-hybridized carbons (Fsp3) is 0.929. The van der Waals surface area contributed by atoms with Gasteiger partial charge in [-0.25, -0.2) is 0 Å². The minimum Gasteiger partial charge on any atom is -0.351 e. The maximum Gasteiger partial charge on any atom is 0.222 e. The van der Waals surface area contributed by atoms with Gasteiger partial charge in [-0.1, -0.05) is 20.8 Å². The predicted octanol–water partition coefficient (Wildman–Crippen LogP) is 2.83. The van der Waals surface area contributed by atoms with Crippen LogP contribution in [0, 0.1) is 5.41 Å². The molecule has 5 heteroatoms. The van der Waals surface area contributed by atoms with Gasteiger partial charge in [0.05, 0.1) is 0 Å². The monoisotopic (exact) mass is 308 g/mol. The summed E-state index contributed by atoms with van der Waals surface area (Å²) in [6, 6.07) is 0.342. The molecule has 0 saturated carbocycles. The minimum atomic E-state index is -0.128. The number of carbonyl (C=O) groups is 1. The van der Waals surface area contributed by atoms with Crippen LogP contribution in [0.5, 0.6) is 0 Å². The first kappa shape index (κ1) is 19.1. The third-order valence-corrected chi connectivity index (χ3v) is 4.01. The van der Waals surface area contributed by atoms with E-state index in [0.29, 0.717) is 12.5 Å². The molecule has 1 atom stereocenters. The van der Waals surface area contributed by atoms with Gasteiger partial charge in [0.25, 0.3) is 0 Å². The normalized spacial score (nSPS) is 20.6. The van der Waals surface area contributed by atoms with Gasteiger partial charge in [-0.15, -0.1) is 12.4 Å². The summed E-state index contributed by atoms with van der Waals surface area (Å²) in [6.45, 7) is 11.9. The third kappa shape index (κ3) is 8.77. The Balaban J connectivity index is 0.00000324. The Hall–Kier alpha value is 0.0700. The molecule has 0 spiro atoms. The molecule has 1 aliphatic heterocycles. The van der Waals surface area contributed by atoms with Crippen LogP contribution in [0.3, 0.4) is 0 Å². The first-order valence-electron chi connectivity index (χ1n) is 6.80. The van der Waals surface area contributed by atoms with E-state index in [1.165, 1.54) is 0 Å². The van der Waals surface area contributed by atoms with E-state index >= 15 is 0 Å². The Labute approximate surface area is 128 Å². The average Bonchev–Trinajstić information content (AvgIpc) is 2.13. The van der Waals surface area contributed by atoms with Crippen molar-refractivity contribution in [1.82, 2.24) is 10.6 Å². The van der Waals surface area contributed by atoms with Crippen LogP contribution in [0.4, 0.5) is 0 Å². The van der Waals surface area contributed by atoms with Gasteiger partial charge in [0, 0.05) is 36.1 Å². The van der Waals surface area contributed by atoms with Crippen LogP contribution in [0.25, 0.3) is 0 Å². The molecule has 1 unspecified atom stereocenters. The smallest absolute Gasteiger partial charge is 0.222 e. The topological polar surface area (TPSA) is 41.1 Å². The third-order valence-electron chi connectivity index (χ3n) is 2.88. The van der Waals surface area contributed by atoms with Crippen molar-refractivity contribution in [3.8, 4) is 0 Å². The van der Waals surface area contributed by atoms with E-state index < -0.39 is 0 Å². The number of nitrogens with one attached hydrogen (secondary N) is 2. The van der Waals surface area contributed by atoms with Crippen molar-refractivity contribution < 1.29 is 4.79 Å². The molecule has 0 aromatic rings. The van der Waals surface area contributed by atoms with E-state index in [0.717, 1.165) is 24.5 Å². The van der Waals surface area contributed by atoms with Crippen molar-refractivity contribution in [3.05, 3.63) is 0 Å². The molecule has 1 heterocycles. The molecular formula is C14H29ClN2OS. The molecule has 3 nitrogen and oxygen atoms in total. The first-order chi connectivity index (χ1) is 8.18. The molecule has 0 aromatic carbocycles. The van der Waals surface area contributed by atoms with Crippen molar-refractivity contribution in [2.75, 3.05) is 18.1 Å². The zero-order valence-electron chi connectivity index (χ0n) is 12.8. The van der Waals surface area contributed by atoms with Crippen LogP contribution in [-0.4, -0.2) is 35.5 Å². The van der Waals surface area contributed by atoms with Crippen molar-refractivity contribution in [2.45, 2.75) is 59.0 Å². The lowest BCUT2D eigenvalue weighted by molar-refractivity contribution is -0.123. The predicted molar refractivity (Wildman–Crippen MR) is 87.3 cm³/mol. The fourth-order valence-corrected chi connectivity index (χ4v) is 3.72. The Morgan fingerprint density at radius 3 is 2.42 bits per heavy atom. The number of carbonyl (C=O) groups excluding carboxylic acids is 1. The van der Waals surface area contributed by atoms with Gasteiger partial charge in [-0.05, 0) is 25.7 Å². The molecule has 1 amide bonds. The summed E-state index contributed by atoms with van der Waals surface area (Å²) in [5, 5.41) is 6.57. The average molecular weight is 309 g/mol. The summed E-state index contributed by atoms with van der Waals surface area (Å²) in [5.74, 6) is 2.38. The first-order valence-corrected chi connectivity index (χ1v) is 7.96. The Bertz CT molecular complexity index is 284. The maximum absolute atomic E-state index is 12.1. The molecule has 0 aliphatic carbocycles. The zero-order valence-corrected chi connectivity index (χ0v) is 14.5. The van der Waals surface area contributed by atoms with Crippen molar-refractivity contribution in [2.24, 2.45) is 5.41 Å². The Morgan fingerprint density at radius 1 is 1.32 bits per heavy atom. The van der Waals surface area contributed by atoms with Crippen molar-refractivity contribution >= 4 is 30.1 Å². The number of halogens is 1. The van der Waals surface area contributed by atoms with E-state index in [1.807, 2.05) is 11.8 Å². The maximum atomic E-state index is 12.1. The molecule has 1 aliphatic rings. The van der Waals surface area contributed by atoms with Crippen LogP contribution in [0.1, 0.15) is 47.5 Å². The number of hydrogen-bond acceptors (Lipinski definition) is 3. The largest absolute Gasteiger partial charge is 0.351 e. The van der Waals surface area contributed by atoms with Gasteiger partial charge >= 0.3 is 0 Å². The Morgan fingerprint density at radius 2 is 1.95 bits per heavy atom. The summed E-state index contributed by atoms with van der Waals surface area (Å²) in [4.78, 5) is 12.1. The van der Waals surface area contributed by atoms with Crippen LogP contribution < -0.4 is 10.6 Å². The molecule has 1 rings (SSSR count). The van der Waals surface area contributed by atoms with Crippen molar-refractivity contribution in [1.29, 1.82) is 0 Å². The zero-order chi connectivity index (χ0) is 13.8. The SMILES string of the molecule is CC(C)(C)CC(C)(C)NC(=O)CC1CSCCN1.Cl. The van der Waals surface area contributed by atoms with Gasteiger partial charge in [-0.2, -0.15) is 11.8 Å². The minimum absolute atomic E-state index is 0. The molecule has 114 valence electrons. The molecule has 1 fully saturated rings. The molecule has 1 saturated heterocycles. The second kappa shape index (κ2) is 7.75. The summed E-state index contributed by atoms with van der Waals surface area (Å²) in [7, 11) is 0. The number of rotatable bonds is 4. The summed E-state index contributed by atoms with van der Waals surface area (Å²) in [5.41, 5.74) is 0.104. The summed E-state index contributed by atoms with van der Waals surface area (Å²) < 4.78 is 0. The van der Waals surface area contributed by atoms with E-state index in [1.54, 1.807) is 0 Å². The highest BCUT2D eigenvalue weighted by Gasteiger charge is 2.28. The molecule has 0 aromatic heterocycles. The van der Waals surface area contributed by atoms with E-state index in [4.69, 9.17) is 0 Å². The van der Waals surface area contributed by atoms with Gasteiger partial charge in [0.1, 0.15) is 0 Å². The lowest BCUT2D eigenvalue weighted by atomic mass is 9.81. The summed E-state index contributed by atoms with van der Waals surface area (Å²) >= 11 is 1.93.